The van der Waals surface area contributed by atoms with Crippen LogP contribution in [-0.4, -0.2) is 73.0 Å². The van der Waals surface area contributed by atoms with Crippen LogP contribution < -0.4 is 0 Å². The third kappa shape index (κ3) is 3.86. The lowest BCUT2D eigenvalue weighted by Gasteiger charge is -2.62. The standard InChI is InChI=1S/C22H29FO5.C4H4O4/c1-12-8-16-15-5-4-13-9-14(25)6-7-19(13,2)21(15,23)17(26)10-20(16,3)22(12,28)18(27)11-24;5-3(6)1-2-4(7)8/h6-7,9,12,15-17,24,26,28H,4-5,8,10-11H2,1-3H3;1-2H,(H,5,6)(H,7,8)/b;2-1-/t12-,15+,16+,17+,19+,20+,21+,22+;/m1./s1. The third-order valence-corrected chi connectivity index (χ3v) is 9.16. The van der Waals surface area contributed by atoms with Gasteiger partial charge in [-0.05, 0) is 56.6 Å². The van der Waals surface area contributed by atoms with E-state index in [4.69, 9.17) is 10.2 Å². The van der Waals surface area contributed by atoms with Crippen molar-refractivity contribution in [1.82, 2.24) is 0 Å². The summed E-state index contributed by atoms with van der Waals surface area (Å²) in [6.07, 6.45) is 5.55. The van der Waals surface area contributed by atoms with Gasteiger partial charge in [0.25, 0.3) is 0 Å². The van der Waals surface area contributed by atoms with Crippen LogP contribution in [0.5, 0.6) is 0 Å². The van der Waals surface area contributed by atoms with E-state index in [0.717, 1.165) is 0 Å². The van der Waals surface area contributed by atoms with Gasteiger partial charge in [-0.2, -0.15) is 0 Å². The average molecular weight is 509 g/mol. The summed E-state index contributed by atoms with van der Waals surface area (Å²) in [5.41, 5.74) is -5.17. The van der Waals surface area contributed by atoms with E-state index in [1.807, 2.05) is 0 Å². The van der Waals surface area contributed by atoms with Crippen molar-refractivity contribution < 1.29 is 49.1 Å². The molecule has 0 unspecified atom stereocenters. The van der Waals surface area contributed by atoms with E-state index in [0.29, 0.717) is 37.0 Å². The molecule has 5 N–H and O–H groups in total. The number of carboxylic acids is 2. The van der Waals surface area contributed by atoms with Crippen molar-refractivity contribution in [3.63, 3.8) is 0 Å². The monoisotopic (exact) mass is 508 g/mol. The number of allylic oxidation sites excluding steroid dienone is 4. The summed E-state index contributed by atoms with van der Waals surface area (Å²) >= 11 is 0. The molecule has 0 aliphatic heterocycles. The highest BCUT2D eigenvalue weighted by molar-refractivity contribution is 6.01. The molecule has 8 atom stereocenters. The molecular weight excluding hydrogens is 475 g/mol. The first-order valence-electron chi connectivity index (χ1n) is 11.9. The molecule has 3 saturated carbocycles. The van der Waals surface area contributed by atoms with E-state index < -0.39 is 64.4 Å². The van der Waals surface area contributed by atoms with Crippen LogP contribution >= 0.6 is 0 Å². The number of carboxylic acid groups (broad SMARTS) is 2. The minimum absolute atomic E-state index is 0.0676. The maximum Gasteiger partial charge on any atom is 0.328 e. The second kappa shape index (κ2) is 9.32. The number of aliphatic hydroxyl groups excluding tert-OH is 2. The lowest BCUT2D eigenvalue weighted by Crippen LogP contribution is -2.69. The van der Waals surface area contributed by atoms with E-state index in [1.165, 1.54) is 12.2 Å². The highest BCUT2D eigenvalue weighted by Gasteiger charge is 2.75. The van der Waals surface area contributed by atoms with Crippen LogP contribution in [0.4, 0.5) is 4.39 Å². The summed E-state index contributed by atoms with van der Waals surface area (Å²) < 4.78 is 16.9. The van der Waals surface area contributed by atoms with Crippen LogP contribution in [-0.2, 0) is 19.2 Å². The smallest absolute Gasteiger partial charge is 0.328 e. The van der Waals surface area contributed by atoms with Crippen molar-refractivity contribution >= 4 is 23.5 Å². The van der Waals surface area contributed by atoms with Crippen LogP contribution in [0.2, 0.25) is 0 Å². The molecule has 4 aliphatic carbocycles. The van der Waals surface area contributed by atoms with Gasteiger partial charge in [0.15, 0.2) is 17.2 Å². The zero-order chi connectivity index (χ0) is 27.3. The first-order valence-corrected chi connectivity index (χ1v) is 11.9. The molecule has 4 aliphatic rings. The average Bonchev–Trinajstić information content (AvgIpc) is 3.00. The Bertz CT molecular complexity index is 1050. The zero-order valence-corrected chi connectivity index (χ0v) is 20.5. The fourth-order valence-corrected chi connectivity index (χ4v) is 7.40. The quantitative estimate of drug-likeness (QED) is 0.354. The Balaban J connectivity index is 0.000000392. The van der Waals surface area contributed by atoms with Crippen molar-refractivity contribution in [2.75, 3.05) is 6.61 Å². The SMILES string of the molecule is C[C@@H]1C[C@H]2[C@@H]3CCC4=CC(=O)C=C[C@]4(C)[C@@]3(F)[C@@H](O)C[C@]2(C)[C@@]1(O)C(=O)CO.O=C(O)/C=C\C(=O)O. The van der Waals surface area contributed by atoms with Gasteiger partial charge in [-0.15, -0.1) is 0 Å². The number of halogens is 1. The normalized spacial score (nSPS) is 43.0. The Morgan fingerprint density at radius 3 is 2.25 bits per heavy atom. The van der Waals surface area contributed by atoms with Gasteiger partial charge in [-0.1, -0.05) is 25.5 Å². The summed E-state index contributed by atoms with van der Waals surface area (Å²) in [6.45, 7) is 4.48. The van der Waals surface area contributed by atoms with E-state index in [2.05, 4.69) is 0 Å². The van der Waals surface area contributed by atoms with Crippen LogP contribution in [0.25, 0.3) is 0 Å². The molecule has 0 saturated heterocycles. The number of hydrogen-bond donors (Lipinski definition) is 5. The Labute approximate surface area is 208 Å². The summed E-state index contributed by atoms with van der Waals surface area (Å²) in [6, 6.07) is 0. The van der Waals surface area contributed by atoms with Gasteiger partial charge in [0.2, 0.25) is 0 Å². The molecule has 198 valence electrons. The maximum absolute atomic E-state index is 16.9. The Morgan fingerprint density at radius 1 is 1.14 bits per heavy atom. The number of carbonyl (C=O) groups is 4. The molecular formula is C26H33FO9. The van der Waals surface area contributed by atoms with E-state index in [1.54, 1.807) is 26.8 Å². The second-order valence-corrected chi connectivity index (χ2v) is 10.8. The lowest BCUT2D eigenvalue weighted by atomic mass is 9.44. The van der Waals surface area contributed by atoms with Crippen molar-refractivity contribution in [3.8, 4) is 0 Å². The number of ketones is 2. The van der Waals surface area contributed by atoms with E-state index >= 15 is 4.39 Å². The zero-order valence-electron chi connectivity index (χ0n) is 20.5. The van der Waals surface area contributed by atoms with Crippen LogP contribution in [0.1, 0.15) is 46.5 Å². The fraction of sp³-hybridized carbons (Fsp3) is 0.615. The van der Waals surface area contributed by atoms with Gasteiger partial charge in [0.05, 0.1) is 6.10 Å². The molecule has 0 heterocycles. The first-order chi connectivity index (χ1) is 16.6. The molecule has 9 nitrogen and oxygen atoms in total. The van der Waals surface area contributed by atoms with Gasteiger partial charge >= 0.3 is 11.9 Å². The van der Waals surface area contributed by atoms with E-state index in [-0.39, 0.29) is 18.1 Å². The Kier molecular flexibility index (Phi) is 7.22. The highest BCUT2D eigenvalue weighted by Crippen LogP contribution is 2.70. The van der Waals surface area contributed by atoms with Crippen LogP contribution in [0.15, 0.2) is 36.0 Å². The first kappa shape index (κ1) is 27.9. The predicted molar refractivity (Wildman–Crippen MR) is 124 cm³/mol. The van der Waals surface area contributed by atoms with E-state index in [9.17, 15) is 34.5 Å². The number of aliphatic hydroxyl groups is 3. The fourth-order valence-electron chi connectivity index (χ4n) is 7.40. The summed E-state index contributed by atoms with van der Waals surface area (Å²) in [5, 5.41) is 47.6. The van der Waals surface area contributed by atoms with Crippen molar-refractivity contribution in [1.29, 1.82) is 0 Å². The second-order valence-electron chi connectivity index (χ2n) is 10.8. The molecule has 0 amide bonds. The molecule has 0 aromatic heterocycles. The van der Waals surface area contributed by atoms with Gasteiger partial charge < -0.3 is 25.5 Å². The molecule has 10 heteroatoms. The third-order valence-electron chi connectivity index (χ3n) is 9.16. The minimum atomic E-state index is -1.98. The van der Waals surface area contributed by atoms with Crippen LogP contribution in [0, 0.1) is 28.6 Å². The highest BCUT2D eigenvalue weighted by atomic mass is 19.1. The number of hydrogen-bond acceptors (Lipinski definition) is 7. The molecule has 0 aromatic carbocycles. The maximum atomic E-state index is 16.9. The minimum Gasteiger partial charge on any atom is -0.478 e. The van der Waals surface area contributed by atoms with Gasteiger partial charge in [-0.25, -0.2) is 14.0 Å². The summed E-state index contributed by atoms with van der Waals surface area (Å²) in [5.74, 6) is -4.63. The topological polar surface area (TPSA) is 169 Å². The van der Waals surface area contributed by atoms with Gasteiger partial charge in [-0.3, -0.25) is 9.59 Å². The Hall–Kier alpha value is -2.69. The van der Waals surface area contributed by atoms with Crippen LogP contribution in [0.3, 0.4) is 0 Å². The number of rotatable bonds is 4. The number of alkyl halides is 1. The number of aliphatic carboxylic acids is 2. The number of fused-ring (bicyclic) bond motifs is 5. The van der Waals surface area contributed by atoms with Crippen molar-refractivity contribution in [2.24, 2.45) is 28.6 Å². The molecule has 36 heavy (non-hydrogen) atoms. The Morgan fingerprint density at radius 2 is 1.72 bits per heavy atom. The predicted octanol–water partition coefficient (Wildman–Crippen LogP) is 1.61. The molecule has 4 rings (SSSR count). The summed E-state index contributed by atoms with van der Waals surface area (Å²) in [7, 11) is 0. The molecule has 3 fully saturated rings. The lowest BCUT2D eigenvalue weighted by molar-refractivity contribution is -0.219. The number of carbonyl (C=O) groups excluding carboxylic acids is 2. The number of Topliss-reactive ketones (excluding diaryl/α,β-unsaturated/α-hetero) is 1. The van der Waals surface area contributed by atoms with Crippen molar-refractivity contribution in [2.45, 2.75) is 63.8 Å². The van der Waals surface area contributed by atoms with Crippen molar-refractivity contribution in [3.05, 3.63) is 36.0 Å². The van der Waals surface area contributed by atoms with Gasteiger partial charge in [0, 0.05) is 28.9 Å². The molecule has 0 aromatic rings. The molecule has 0 bridgehead atoms. The summed E-state index contributed by atoms with van der Waals surface area (Å²) in [4.78, 5) is 43.5. The molecule has 0 radical (unpaired) electrons. The van der Waals surface area contributed by atoms with Gasteiger partial charge in [0.1, 0.15) is 12.2 Å². The largest absolute Gasteiger partial charge is 0.478 e. The molecule has 0 spiro atoms.